The largest absolute Gasteiger partial charge is 0.315 e. The highest BCUT2D eigenvalue weighted by Gasteiger charge is 2.50. The van der Waals surface area contributed by atoms with Crippen LogP contribution in [0.1, 0.15) is 47.0 Å². The molecule has 1 heterocycles. The van der Waals surface area contributed by atoms with E-state index in [-0.39, 0.29) is 11.7 Å². The Labute approximate surface area is 82.5 Å². The molecule has 1 unspecified atom stereocenters. The van der Waals surface area contributed by atoms with Gasteiger partial charge in [-0.05, 0) is 40.2 Å². The number of rotatable bonds is 2. The molecule has 1 aliphatic heterocycles. The van der Waals surface area contributed by atoms with E-state index in [1.54, 1.807) is 0 Å². The van der Waals surface area contributed by atoms with Crippen molar-refractivity contribution in [2.24, 2.45) is 11.1 Å². The highest BCUT2D eigenvalue weighted by molar-refractivity contribution is 5.03. The fraction of sp³-hybridized carbons (Fsp3) is 1.00. The highest BCUT2D eigenvalue weighted by Crippen LogP contribution is 2.47. The van der Waals surface area contributed by atoms with Crippen LogP contribution in [-0.2, 0) is 0 Å². The van der Waals surface area contributed by atoms with Crippen LogP contribution in [0.2, 0.25) is 0 Å². The molecule has 1 aliphatic rings. The van der Waals surface area contributed by atoms with E-state index >= 15 is 0 Å². The molecule has 2 heteroatoms. The number of hydrogen-bond acceptors (Lipinski definition) is 2. The third kappa shape index (κ3) is 1.50. The Kier molecular flexibility index (Phi) is 2.75. The van der Waals surface area contributed by atoms with Gasteiger partial charge in [0.2, 0.25) is 0 Å². The Bertz CT molecular complexity index is 183. The first-order valence-corrected chi connectivity index (χ1v) is 5.38. The third-order valence-corrected chi connectivity index (χ3v) is 4.19. The lowest BCUT2D eigenvalue weighted by Crippen LogP contribution is -2.47. The fourth-order valence-corrected chi connectivity index (χ4v) is 2.80. The Morgan fingerprint density at radius 3 is 1.92 bits per heavy atom. The normalized spacial score (nSPS) is 32.3. The molecule has 1 fully saturated rings. The van der Waals surface area contributed by atoms with Gasteiger partial charge in [-0.3, -0.25) is 4.90 Å². The Morgan fingerprint density at radius 2 is 1.77 bits per heavy atom. The minimum absolute atomic E-state index is 0.234. The molecule has 0 saturated carbocycles. The van der Waals surface area contributed by atoms with Gasteiger partial charge >= 0.3 is 0 Å². The van der Waals surface area contributed by atoms with Crippen LogP contribution in [-0.4, -0.2) is 23.7 Å². The number of nitrogens with zero attached hydrogens (tertiary/aromatic N) is 1. The summed E-state index contributed by atoms with van der Waals surface area (Å²) in [5.74, 6) is 0. The van der Waals surface area contributed by atoms with E-state index in [4.69, 9.17) is 5.73 Å². The molecular formula is C11H24N2. The topological polar surface area (TPSA) is 29.3 Å². The summed E-state index contributed by atoms with van der Waals surface area (Å²) in [5.41, 5.74) is 6.89. The molecule has 0 spiro atoms. The SMILES string of the molecule is CCC1(CC)CC(C)(C)N(C)C1N. The minimum Gasteiger partial charge on any atom is -0.315 e. The third-order valence-electron chi connectivity index (χ3n) is 4.19. The first-order chi connectivity index (χ1) is 5.89. The molecule has 0 bridgehead atoms. The lowest BCUT2D eigenvalue weighted by molar-refractivity contribution is 0.137. The fourth-order valence-electron chi connectivity index (χ4n) is 2.80. The molecule has 0 aliphatic carbocycles. The van der Waals surface area contributed by atoms with E-state index in [0.29, 0.717) is 5.41 Å². The molecule has 0 aromatic heterocycles. The first kappa shape index (κ1) is 11.0. The maximum absolute atomic E-state index is 6.28. The molecule has 0 aromatic carbocycles. The monoisotopic (exact) mass is 184 g/mol. The summed E-state index contributed by atoms with van der Waals surface area (Å²) in [6, 6.07) is 0. The Balaban J connectivity index is 2.93. The first-order valence-electron chi connectivity index (χ1n) is 5.38. The van der Waals surface area contributed by atoms with Crippen molar-refractivity contribution in [2.45, 2.75) is 58.7 Å². The van der Waals surface area contributed by atoms with Crippen molar-refractivity contribution in [2.75, 3.05) is 7.05 Å². The second kappa shape index (κ2) is 3.25. The van der Waals surface area contributed by atoms with Crippen molar-refractivity contribution in [3.8, 4) is 0 Å². The van der Waals surface area contributed by atoms with Crippen LogP contribution in [0, 0.1) is 5.41 Å². The predicted octanol–water partition coefficient (Wildman–Crippen LogP) is 2.19. The maximum atomic E-state index is 6.28. The van der Waals surface area contributed by atoms with Crippen molar-refractivity contribution in [1.29, 1.82) is 0 Å². The molecule has 1 atom stereocenters. The zero-order chi connectivity index (χ0) is 10.3. The molecule has 1 saturated heterocycles. The summed E-state index contributed by atoms with van der Waals surface area (Å²) in [6.45, 7) is 9.11. The van der Waals surface area contributed by atoms with E-state index in [0.717, 1.165) is 0 Å². The number of hydrogen-bond donors (Lipinski definition) is 1. The van der Waals surface area contributed by atoms with Gasteiger partial charge in [-0.1, -0.05) is 13.8 Å². The summed E-state index contributed by atoms with van der Waals surface area (Å²) in [6.07, 6.45) is 3.85. The summed E-state index contributed by atoms with van der Waals surface area (Å²) < 4.78 is 0. The van der Waals surface area contributed by atoms with Crippen LogP contribution < -0.4 is 5.73 Å². The molecule has 2 nitrogen and oxygen atoms in total. The van der Waals surface area contributed by atoms with Crippen molar-refractivity contribution >= 4 is 0 Å². The second-order valence-corrected chi connectivity index (χ2v) is 5.11. The van der Waals surface area contributed by atoms with Gasteiger partial charge in [-0.15, -0.1) is 0 Å². The van der Waals surface area contributed by atoms with E-state index in [1.807, 2.05) is 0 Å². The highest BCUT2D eigenvalue weighted by atomic mass is 15.3. The molecular weight excluding hydrogens is 160 g/mol. The van der Waals surface area contributed by atoms with Crippen LogP contribution in [0.4, 0.5) is 0 Å². The molecule has 78 valence electrons. The van der Waals surface area contributed by atoms with E-state index < -0.39 is 0 Å². The Morgan fingerprint density at radius 1 is 1.31 bits per heavy atom. The lowest BCUT2D eigenvalue weighted by atomic mass is 9.76. The molecule has 0 amide bonds. The Hall–Kier alpha value is -0.0800. The van der Waals surface area contributed by atoms with Crippen LogP contribution in [0.25, 0.3) is 0 Å². The zero-order valence-electron chi connectivity index (χ0n) is 9.72. The predicted molar refractivity (Wildman–Crippen MR) is 57.4 cm³/mol. The van der Waals surface area contributed by atoms with Crippen LogP contribution in [0.15, 0.2) is 0 Å². The molecule has 13 heavy (non-hydrogen) atoms. The molecule has 0 radical (unpaired) electrons. The molecule has 2 N–H and O–H groups in total. The smallest absolute Gasteiger partial charge is 0.0632 e. The van der Waals surface area contributed by atoms with Crippen molar-refractivity contribution in [3.63, 3.8) is 0 Å². The minimum atomic E-state index is 0.234. The number of likely N-dealkylation sites (tertiary alicyclic amines) is 1. The van der Waals surface area contributed by atoms with E-state index in [9.17, 15) is 0 Å². The zero-order valence-corrected chi connectivity index (χ0v) is 9.72. The quantitative estimate of drug-likeness (QED) is 0.713. The van der Waals surface area contributed by atoms with Gasteiger partial charge in [0.15, 0.2) is 0 Å². The van der Waals surface area contributed by atoms with Crippen LogP contribution >= 0.6 is 0 Å². The molecule has 1 rings (SSSR count). The summed E-state index contributed by atoms with van der Waals surface area (Å²) in [5, 5.41) is 0. The summed E-state index contributed by atoms with van der Waals surface area (Å²) >= 11 is 0. The summed E-state index contributed by atoms with van der Waals surface area (Å²) in [4.78, 5) is 2.33. The van der Waals surface area contributed by atoms with E-state index in [2.05, 4.69) is 39.6 Å². The van der Waals surface area contributed by atoms with Crippen LogP contribution in [0.5, 0.6) is 0 Å². The van der Waals surface area contributed by atoms with Gasteiger partial charge in [0.25, 0.3) is 0 Å². The maximum Gasteiger partial charge on any atom is 0.0632 e. The van der Waals surface area contributed by atoms with Gasteiger partial charge in [0, 0.05) is 11.0 Å². The van der Waals surface area contributed by atoms with Gasteiger partial charge in [-0.2, -0.15) is 0 Å². The lowest BCUT2D eigenvalue weighted by Gasteiger charge is -2.33. The van der Waals surface area contributed by atoms with E-state index in [1.165, 1.54) is 19.3 Å². The van der Waals surface area contributed by atoms with Gasteiger partial charge in [-0.25, -0.2) is 0 Å². The van der Waals surface area contributed by atoms with Crippen molar-refractivity contribution < 1.29 is 0 Å². The average Bonchev–Trinajstić information content (AvgIpc) is 2.27. The van der Waals surface area contributed by atoms with Crippen molar-refractivity contribution in [3.05, 3.63) is 0 Å². The van der Waals surface area contributed by atoms with Crippen LogP contribution in [0.3, 0.4) is 0 Å². The molecule has 0 aromatic rings. The number of nitrogens with two attached hydrogens (primary N) is 1. The van der Waals surface area contributed by atoms with Gasteiger partial charge in [0.05, 0.1) is 6.17 Å². The van der Waals surface area contributed by atoms with Gasteiger partial charge < -0.3 is 5.73 Å². The summed E-state index contributed by atoms with van der Waals surface area (Å²) in [7, 11) is 2.15. The van der Waals surface area contributed by atoms with Gasteiger partial charge in [0.1, 0.15) is 0 Å². The second-order valence-electron chi connectivity index (χ2n) is 5.11. The standard InChI is InChI=1S/C11H24N2/c1-6-11(7-2)8-10(3,4)13(5)9(11)12/h9H,6-8,12H2,1-5H3. The average molecular weight is 184 g/mol. The van der Waals surface area contributed by atoms with Crippen molar-refractivity contribution in [1.82, 2.24) is 4.90 Å².